The summed E-state index contributed by atoms with van der Waals surface area (Å²) in [6.45, 7) is 0. The molecule has 0 radical (unpaired) electrons. The molecule has 0 amide bonds. The van der Waals surface area contributed by atoms with Gasteiger partial charge in [0.25, 0.3) is 6.43 Å². The molecule has 0 fully saturated rings. The van der Waals surface area contributed by atoms with Gasteiger partial charge >= 0.3 is 6.18 Å². The lowest BCUT2D eigenvalue weighted by Gasteiger charge is -2.11. The minimum absolute atomic E-state index is 0.363. The fourth-order valence-corrected chi connectivity index (χ4v) is 1.31. The number of hydrogen-bond donors (Lipinski definition) is 0. The molecule has 1 aromatic rings. The molecule has 0 aliphatic heterocycles. The zero-order chi connectivity index (χ0) is 11.8. The molecule has 0 unspecified atom stereocenters. The molecule has 0 saturated heterocycles. The van der Waals surface area contributed by atoms with Gasteiger partial charge in [0.05, 0.1) is 15.6 Å². The summed E-state index contributed by atoms with van der Waals surface area (Å²) >= 11 is 10.4. The Morgan fingerprint density at radius 2 is 1.67 bits per heavy atom. The van der Waals surface area contributed by atoms with Crippen LogP contribution in [0, 0.1) is 0 Å². The van der Waals surface area contributed by atoms with Gasteiger partial charge in [0.2, 0.25) is 0 Å². The molecule has 84 valence electrons. The molecule has 0 atom stereocenters. The molecule has 0 aliphatic carbocycles. The Hall–Kier alpha value is -0.620. The summed E-state index contributed by atoms with van der Waals surface area (Å²) in [7, 11) is 0. The summed E-state index contributed by atoms with van der Waals surface area (Å²) in [5.41, 5.74) is -2.30. The van der Waals surface area contributed by atoms with Gasteiger partial charge in [-0.25, -0.2) is 13.8 Å². The Bertz CT molecular complexity index is 376. The molecule has 0 saturated carbocycles. The molecular weight excluding hydrogens is 264 g/mol. The minimum atomic E-state index is -4.82. The Morgan fingerprint density at radius 1 is 1.13 bits per heavy atom. The average molecular weight is 266 g/mol. The molecule has 1 nitrogen and oxygen atoms in total. The van der Waals surface area contributed by atoms with Gasteiger partial charge in [0.1, 0.15) is 0 Å². The van der Waals surface area contributed by atoms with Gasteiger partial charge in [-0.15, -0.1) is 0 Å². The van der Waals surface area contributed by atoms with Crippen LogP contribution in [0.4, 0.5) is 22.0 Å². The number of aromatic nitrogens is 1. The van der Waals surface area contributed by atoms with Crippen LogP contribution in [-0.2, 0) is 6.18 Å². The molecule has 8 heteroatoms. The third kappa shape index (κ3) is 2.49. The molecule has 1 rings (SSSR count). The van der Waals surface area contributed by atoms with E-state index in [-0.39, 0.29) is 0 Å². The van der Waals surface area contributed by atoms with Crippen molar-refractivity contribution in [1.82, 2.24) is 4.98 Å². The van der Waals surface area contributed by atoms with E-state index in [9.17, 15) is 22.0 Å². The molecule has 1 aromatic heterocycles. The lowest BCUT2D eigenvalue weighted by Crippen LogP contribution is -2.10. The lowest BCUT2D eigenvalue weighted by molar-refractivity contribution is -0.141. The first kappa shape index (κ1) is 12.4. The van der Waals surface area contributed by atoms with Crippen molar-refractivity contribution in [2.75, 3.05) is 0 Å². The van der Waals surface area contributed by atoms with Crippen LogP contribution in [0.5, 0.6) is 0 Å². The van der Waals surface area contributed by atoms with Crippen LogP contribution in [0.2, 0.25) is 10.0 Å². The second-order valence-corrected chi connectivity index (χ2v) is 3.24. The highest BCUT2D eigenvalue weighted by molar-refractivity contribution is 6.42. The molecule has 0 aromatic carbocycles. The van der Waals surface area contributed by atoms with Crippen molar-refractivity contribution in [2.45, 2.75) is 12.6 Å². The predicted octanol–water partition coefficient (Wildman–Crippen LogP) is 4.34. The van der Waals surface area contributed by atoms with E-state index in [0.717, 1.165) is 0 Å². The number of hydrogen-bond acceptors (Lipinski definition) is 1. The summed E-state index contributed by atoms with van der Waals surface area (Å²) in [4.78, 5) is 2.81. The third-order valence-corrected chi connectivity index (χ3v) is 2.36. The van der Waals surface area contributed by atoms with E-state index >= 15 is 0 Å². The van der Waals surface area contributed by atoms with Gasteiger partial charge in [0, 0.05) is 6.20 Å². The van der Waals surface area contributed by atoms with Gasteiger partial charge in [-0.2, -0.15) is 13.2 Å². The first-order valence-electron chi connectivity index (χ1n) is 3.44. The van der Waals surface area contributed by atoms with E-state index in [0.29, 0.717) is 6.20 Å². The van der Waals surface area contributed by atoms with E-state index in [2.05, 4.69) is 4.98 Å². The smallest absolute Gasteiger partial charge is 0.250 e. The van der Waals surface area contributed by atoms with Gasteiger partial charge in [-0.1, -0.05) is 23.2 Å². The topological polar surface area (TPSA) is 12.9 Å². The van der Waals surface area contributed by atoms with Crippen molar-refractivity contribution in [1.29, 1.82) is 0 Å². The number of pyridine rings is 1. The van der Waals surface area contributed by atoms with Crippen LogP contribution in [0.25, 0.3) is 0 Å². The second-order valence-electron chi connectivity index (χ2n) is 2.49. The maximum atomic E-state index is 12.2. The normalized spacial score (nSPS) is 12.3. The van der Waals surface area contributed by atoms with Crippen molar-refractivity contribution in [3.8, 4) is 0 Å². The maximum absolute atomic E-state index is 12.2. The van der Waals surface area contributed by atoms with Crippen LogP contribution in [0.15, 0.2) is 6.20 Å². The highest BCUT2D eigenvalue weighted by Gasteiger charge is 2.37. The van der Waals surface area contributed by atoms with Gasteiger partial charge in [-0.05, 0) is 0 Å². The van der Waals surface area contributed by atoms with Crippen LogP contribution >= 0.6 is 23.2 Å². The van der Waals surface area contributed by atoms with Gasteiger partial charge in [0.15, 0.2) is 5.69 Å². The van der Waals surface area contributed by atoms with E-state index < -0.39 is 33.9 Å². The molecule has 0 aliphatic rings. The molecule has 0 spiro atoms. The molecule has 1 heterocycles. The number of halogens is 7. The van der Waals surface area contributed by atoms with E-state index in [4.69, 9.17) is 23.2 Å². The van der Waals surface area contributed by atoms with Crippen LogP contribution < -0.4 is 0 Å². The average Bonchev–Trinajstić information content (AvgIpc) is 2.06. The highest BCUT2D eigenvalue weighted by Crippen LogP contribution is 2.40. The lowest BCUT2D eigenvalue weighted by atomic mass is 10.2. The van der Waals surface area contributed by atoms with E-state index in [1.165, 1.54) is 0 Å². The maximum Gasteiger partial charge on any atom is 0.434 e. The fourth-order valence-electron chi connectivity index (χ4n) is 0.828. The fraction of sp³-hybridized carbons (Fsp3) is 0.286. The van der Waals surface area contributed by atoms with Gasteiger partial charge in [-0.3, -0.25) is 0 Å². The molecule has 0 bridgehead atoms. The Labute approximate surface area is 90.8 Å². The zero-order valence-electron chi connectivity index (χ0n) is 6.75. The number of rotatable bonds is 1. The Morgan fingerprint density at radius 3 is 2.07 bits per heavy atom. The molecule has 15 heavy (non-hydrogen) atoms. The second kappa shape index (κ2) is 4.09. The van der Waals surface area contributed by atoms with Crippen molar-refractivity contribution >= 4 is 23.2 Å². The Kier molecular flexibility index (Phi) is 3.40. The minimum Gasteiger partial charge on any atom is -0.250 e. The third-order valence-electron chi connectivity index (χ3n) is 1.49. The summed E-state index contributed by atoms with van der Waals surface area (Å²) in [6, 6.07) is 0. The van der Waals surface area contributed by atoms with Crippen molar-refractivity contribution in [3.05, 3.63) is 27.5 Å². The standard InChI is InChI=1S/C7H2Cl2F5N/c8-3-2(6(10)11)1-15-5(4(3)9)7(12,13)14/h1,6H. The van der Waals surface area contributed by atoms with Crippen LogP contribution in [-0.4, -0.2) is 4.98 Å². The van der Waals surface area contributed by atoms with E-state index in [1.807, 2.05) is 0 Å². The zero-order valence-corrected chi connectivity index (χ0v) is 8.26. The Balaban J connectivity index is 3.34. The quantitative estimate of drug-likeness (QED) is 0.689. The molecule has 0 N–H and O–H groups in total. The van der Waals surface area contributed by atoms with Crippen LogP contribution in [0.1, 0.15) is 17.7 Å². The summed E-state index contributed by atoms with van der Waals surface area (Å²) < 4.78 is 60.8. The predicted molar refractivity (Wildman–Crippen MR) is 44.2 cm³/mol. The first-order valence-corrected chi connectivity index (χ1v) is 4.20. The number of alkyl halides is 5. The van der Waals surface area contributed by atoms with Crippen molar-refractivity contribution < 1.29 is 22.0 Å². The SMILES string of the molecule is FC(F)c1cnc(C(F)(F)F)c(Cl)c1Cl. The highest BCUT2D eigenvalue weighted by atomic mass is 35.5. The van der Waals surface area contributed by atoms with Gasteiger partial charge < -0.3 is 0 Å². The monoisotopic (exact) mass is 265 g/mol. The first-order chi connectivity index (χ1) is 6.75. The number of nitrogens with zero attached hydrogens (tertiary/aromatic N) is 1. The van der Waals surface area contributed by atoms with Crippen LogP contribution in [0.3, 0.4) is 0 Å². The van der Waals surface area contributed by atoms with Crippen molar-refractivity contribution in [2.24, 2.45) is 0 Å². The summed E-state index contributed by atoms with van der Waals surface area (Å²) in [6.07, 6.45) is -7.48. The van der Waals surface area contributed by atoms with Crippen molar-refractivity contribution in [3.63, 3.8) is 0 Å². The molecular formula is C7H2Cl2F5N. The van der Waals surface area contributed by atoms with E-state index in [1.54, 1.807) is 0 Å². The largest absolute Gasteiger partial charge is 0.434 e. The summed E-state index contributed by atoms with van der Waals surface area (Å²) in [5.74, 6) is 0. The summed E-state index contributed by atoms with van der Waals surface area (Å²) in [5, 5.41) is -1.84.